The predicted molar refractivity (Wildman–Crippen MR) is 117 cm³/mol. The summed E-state index contributed by atoms with van der Waals surface area (Å²) >= 11 is 0. The molecule has 1 aromatic heterocycles. The Bertz CT molecular complexity index is 1320. The molecule has 2 aliphatic rings. The molecule has 2 unspecified atom stereocenters. The van der Waals surface area contributed by atoms with E-state index in [0.717, 1.165) is 23.4 Å². The number of aromatic nitrogens is 1. The maximum Gasteiger partial charge on any atom is 0.256 e. The zero-order valence-electron chi connectivity index (χ0n) is 18.0. The predicted octanol–water partition coefficient (Wildman–Crippen LogP) is 3.61. The molecule has 2 N–H and O–H groups in total. The first-order valence-electron chi connectivity index (χ1n) is 10.4. The summed E-state index contributed by atoms with van der Waals surface area (Å²) < 4.78 is 33.6. The smallest absolute Gasteiger partial charge is 0.256 e. The molecule has 32 heavy (non-hydrogen) atoms. The van der Waals surface area contributed by atoms with Crippen molar-refractivity contribution in [1.82, 2.24) is 9.88 Å². The van der Waals surface area contributed by atoms with Gasteiger partial charge in [-0.2, -0.15) is 0 Å². The van der Waals surface area contributed by atoms with Crippen LogP contribution in [0.25, 0.3) is 10.8 Å². The van der Waals surface area contributed by atoms with Crippen LogP contribution in [0.2, 0.25) is 0 Å². The average Bonchev–Trinajstić information content (AvgIpc) is 3.04. The maximum absolute atomic E-state index is 14.1. The van der Waals surface area contributed by atoms with Crippen molar-refractivity contribution in [1.29, 1.82) is 0 Å². The summed E-state index contributed by atoms with van der Waals surface area (Å²) in [5.41, 5.74) is 2.03. The molecule has 0 radical (unpaired) electrons. The summed E-state index contributed by atoms with van der Waals surface area (Å²) in [4.78, 5) is 30.4. The van der Waals surface area contributed by atoms with Gasteiger partial charge in [0.2, 0.25) is 5.91 Å². The summed E-state index contributed by atoms with van der Waals surface area (Å²) in [5, 5.41) is 3.66. The van der Waals surface area contributed by atoms with Crippen LogP contribution >= 0.6 is 0 Å². The van der Waals surface area contributed by atoms with Crippen LogP contribution in [-0.2, 0) is 21.6 Å². The van der Waals surface area contributed by atoms with Crippen molar-refractivity contribution in [2.75, 3.05) is 19.0 Å². The number of carbonyl (C=O) groups excluding carboxylic acids is 1. The summed E-state index contributed by atoms with van der Waals surface area (Å²) in [6.07, 6.45) is 0. The van der Waals surface area contributed by atoms with Crippen LogP contribution in [0.1, 0.15) is 36.7 Å². The molecule has 0 fully saturated rings. The van der Waals surface area contributed by atoms with Gasteiger partial charge in [-0.05, 0) is 29.1 Å². The SMILES string of the molecule is CN(C(=O)C1Nc2ccccc2C1(C)C)C1COCc2[nH]c(=O)c3cc(F)c(F)cc3c21. The number of rotatable bonds is 2. The number of benzene rings is 2. The number of anilines is 1. The molecular weight excluding hydrogens is 416 g/mol. The van der Waals surface area contributed by atoms with E-state index in [2.05, 4.69) is 10.3 Å². The third kappa shape index (κ3) is 2.93. The van der Waals surface area contributed by atoms with E-state index in [4.69, 9.17) is 4.74 Å². The first kappa shape index (κ1) is 20.6. The number of amides is 1. The van der Waals surface area contributed by atoms with E-state index < -0.39 is 34.7 Å². The Labute approximate surface area is 183 Å². The highest BCUT2D eigenvalue weighted by atomic mass is 19.2. The Hall–Kier alpha value is -3.26. The van der Waals surface area contributed by atoms with Crippen molar-refractivity contribution in [3.05, 3.63) is 75.2 Å². The molecule has 3 heterocycles. The Kier molecular flexibility index (Phi) is 4.60. The monoisotopic (exact) mass is 439 g/mol. The minimum Gasteiger partial charge on any atom is -0.373 e. The van der Waals surface area contributed by atoms with Gasteiger partial charge in [0.05, 0.1) is 24.6 Å². The van der Waals surface area contributed by atoms with Crippen molar-refractivity contribution in [2.45, 2.75) is 38.0 Å². The molecule has 2 atom stereocenters. The van der Waals surface area contributed by atoms with Gasteiger partial charge in [0, 0.05) is 29.4 Å². The molecule has 0 saturated heterocycles. The molecular formula is C24H23F2N3O3. The summed E-state index contributed by atoms with van der Waals surface area (Å²) in [6.45, 7) is 4.32. The van der Waals surface area contributed by atoms with Gasteiger partial charge in [0.25, 0.3) is 5.56 Å². The van der Waals surface area contributed by atoms with E-state index >= 15 is 0 Å². The molecule has 0 aliphatic carbocycles. The van der Waals surface area contributed by atoms with Crippen molar-refractivity contribution in [3.63, 3.8) is 0 Å². The molecule has 1 amide bonds. The minimum atomic E-state index is -1.09. The van der Waals surface area contributed by atoms with Gasteiger partial charge in [-0.15, -0.1) is 0 Å². The second-order valence-corrected chi connectivity index (χ2v) is 8.98. The van der Waals surface area contributed by atoms with Crippen LogP contribution in [-0.4, -0.2) is 35.5 Å². The number of halogens is 2. The number of para-hydroxylation sites is 1. The zero-order chi connectivity index (χ0) is 22.8. The van der Waals surface area contributed by atoms with Crippen molar-refractivity contribution < 1.29 is 18.3 Å². The van der Waals surface area contributed by atoms with Crippen molar-refractivity contribution in [2.24, 2.45) is 0 Å². The fourth-order valence-electron chi connectivity index (χ4n) is 4.94. The number of likely N-dealkylation sites (N-methyl/N-ethyl adjacent to an activating group) is 1. The second kappa shape index (κ2) is 7.13. The lowest BCUT2D eigenvalue weighted by Crippen LogP contribution is -2.50. The lowest BCUT2D eigenvalue weighted by molar-refractivity contribution is -0.136. The molecule has 0 bridgehead atoms. The summed E-state index contributed by atoms with van der Waals surface area (Å²) in [5.74, 6) is -2.29. The Morgan fingerprint density at radius 3 is 2.56 bits per heavy atom. The van der Waals surface area contributed by atoms with Gasteiger partial charge >= 0.3 is 0 Å². The Balaban J connectivity index is 1.58. The molecule has 5 rings (SSSR count). The molecule has 2 aliphatic heterocycles. The largest absolute Gasteiger partial charge is 0.373 e. The molecule has 2 aromatic carbocycles. The number of aromatic amines is 1. The van der Waals surface area contributed by atoms with Crippen LogP contribution in [0.15, 0.2) is 41.2 Å². The third-order valence-corrected chi connectivity index (χ3v) is 6.74. The number of fused-ring (bicyclic) bond motifs is 4. The zero-order valence-corrected chi connectivity index (χ0v) is 18.0. The number of carbonyl (C=O) groups is 1. The van der Waals surface area contributed by atoms with Crippen LogP contribution < -0.4 is 10.9 Å². The fourth-order valence-corrected chi connectivity index (χ4v) is 4.94. The normalized spacial score (nSPS) is 21.0. The Morgan fingerprint density at radius 2 is 1.84 bits per heavy atom. The number of hydrogen-bond acceptors (Lipinski definition) is 4. The van der Waals surface area contributed by atoms with Crippen molar-refractivity contribution in [3.8, 4) is 0 Å². The topological polar surface area (TPSA) is 74.4 Å². The molecule has 0 spiro atoms. The van der Waals surface area contributed by atoms with E-state index in [1.165, 1.54) is 0 Å². The lowest BCUT2D eigenvalue weighted by Gasteiger charge is -2.37. The molecule has 6 nitrogen and oxygen atoms in total. The number of pyridine rings is 1. The van der Waals surface area contributed by atoms with E-state index in [1.807, 2.05) is 38.1 Å². The fraction of sp³-hybridized carbons (Fsp3) is 0.333. The van der Waals surface area contributed by atoms with E-state index in [-0.39, 0.29) is 29.9 Å². The number of nitrogens with one attached hydrogen (secondary N) is 2. The van der Waals surface area contributed by atoms with Gasteiger partial charge < -0.3 is 19.9 Å². The van der Waals surface area contributed by atoms with Crippen LogP contribution in [0.5, 0.6) is 0 Å². The highest BCUT2D eigenvalue weighted by Gasteiger charge is 2.46. The molecule has 0 saturated carbocycles. The van der Waals surface area contributed by atoms with Gasteiger partial charge in [0.15, 0.2) is 11.6 Å². The van der Waals surface area contributed by atoms with Crippen LogP contribution in [0, 0.1) is 11.6 Å². The quantitative estimate of drug-likeness (QED) is 0.640. The summed E-state index contributed by atoms with van der Waals surface area (Å²) in [7, 11) is 1.67. The number of hydrogen-bond donors (Lipinski definition) is 2. The highest BCUT2D eigenvalue weighted by Crippen LogP contribution is 2.42. The molecule has 3 aromatic rings. The minimum absolute atomic E-state index is 0.0436. The van der Waals surface area contributed by atoms with E-state index in [9.17, 15) is 18.4 Å². The third-order valence-electron chi connectivity index (χ3n) is 6.74. The van der Waals surface area contributed by atoms with Gasteiger partial charge in [0.1, 0.15) is 6.04 Å². The number of ether oxygens (including phenoxy) is 1. The van der Waals surface area contributed by atoms with Gasteiger partial charge in [-0.3, -0.25) is 9.59 Å². The number of H-pyrrole nitrogens is 1. The molecule has 166 valence electrons. The first-order valence-corrected chi connectivity index (χ1v) is 10.4. The standard InChI is InChI=1S/C24H23F2N3O3/c1-24(2)14-6-4-5-7-17(14)27-21(24)23(31)29(3)19-11-32-10-18-20(19)12-8-15(25)16(26)9-13(12)22(30)28-18/h4-9,19,21,27H,10-11H2,1-3H3,(H,28,30). The molecule has 8 heteroatoms. The van der Waals surface area contributed by atoms with E-state index in [1.54, 1.807) is 11.9 Å². The van der Waals surface area contributed by atoms with Crippen molar-refractivity contribution >= 4 is 22.4 Å². The highest BCUT2D eigenvalue weighted by molar-refractivity contribution is 5.91. The first-order chi connectivity index (χ1) is 15.2. The van der Waals surface area contributed by atoms with E-state index in [0.29, 0.717) is 11.3 Å². The number of nitrogens with zero attached hydrogens (tertiary/aromatic N) is 1. The maximum atomic E-state index is 14.1. The van der Waals surface area contributed by atoms with Gasteiger partial charge in [-0.25, -0.2) is 8.78 Å². The summed E-state index contributed by atoms with van der Waals surface area (Å²) in [6, 6.07) is 8.65. The second-order valence-electron chi connectivity index (χ2n) is 8.98. The Morgan fingerprint density at radius 1 is 1.16 bits per heavy atom. The average molecular weight is 439 g/mol. The lowest BCUT2D eigenvalue weighted by atomic mass is 9.80. The van der Waals surface area contributed by atoms with Gasteiger partial charge in [-0.1, -0.05) is 32.0 Å². The van der Waals surface area contributed by atoms with Crippen LogP contribution in [0.3, 0.4) is 0 Å². The van der Waals surface area contributed by atoms with Crippen LogP contribution in [0.4, 0.5) is 14.5 Å².